The summed E-state index contributed by atoms with van der Waals surface area (Å²) in [6.07, 6.45) is -0.228. The summed E-state index contributed by atoms with van der Waals surface area (Å²) in [4.78, 5) is 30.9. The van der Waals surface area contributed by atoms with Crippen LogP contribution in [0.3, 0.4) is 0 Å². The molecule has 1 amide bonds. The summed E-state index contributed by atoms with van der Waals surface area (Å²) >= 11 is 0. The molecule has 0 saturated carbocycles. The van der Waals surface area contributed by atoms with Crippen molar-refractivity contribution in [2.75, 3.05) is 6.54 Å². The zero-order chi connectivity index (χ0) is 12.1. The van der Waals surface area contributed by atoms with Crippen LogP contribution >= 0.6 is 0 Å². The molecule has 8 nitrogen and oxygen atoms in total. The van der Waals surface area contributed by atoms with E-state index >= 15 is 0 Å². The number of carboxylic acids is 1. The van der Waals surface area contributed by atoms with Crippen LogP contribution in [-0.2, 0) is 4.79 Å². The third-order valence-electron chi connectivity index (χ3n) is 1.62. The molecule has 0 atom stereocenters. The van der Waals surface area contributed by atoms with Crippen molar-refractivity contribution in [1.29, 1.82) is 0 Å². The van der Waals surface area contributed by atoms with Crippen LogP contribution in [0.1, 0.15) is 17.0 Å². The number of nitro groups is 1. The highest BCUT2D eigenvalue weighted by Gasteiger charge is 2.16. The first-order valence-electron chi connectivity index (χ1n) is 4.25. The number of hydrogen-bond acceptors (Lipinski definition) is 5. The zero-order valence-electron chi connectivity index (χ0n) is 8.00. The maximum atomic E-state index is 11.2. The third kappa shape index (κ3) is 3.08. The summed E-state index contributed by atoms with van der Waals surface area (Å²) in [5.41, 5.74) is 0. The fraction of sp³-hybridized carbons (Fsp3) is 0.250. The molecule has 0 aliphatic rings. The van der Waals surface area contributed by atoms with Crippen molar-refractivity contribution in [1.82, 2.24) is 5.32 Å². The van der Waals surface area contributed by atoms with E-state index in [1.54, 1.807) is 0 Å². The van der Waals surface area contributed by atoms with Gasteiger partial charge in [0.1, 0.15) is 4.92 Å². The Morgan fingerprint density at radius 1 is 1.50 bits per heavy atom. The van der Waals surface area contributed by atoms with E-state index in [1.807, 2.05) is 0 Å². The number of rotatable bonds is 5. The Kier molecular flexibility index (Phi) is 3.59. The SMILES string of the molecule is O=C(O)CCNC(=O)c1ccc([N+](=O)[O-])o1. The van der Waals surface area contributed by atoms with Gasteiger partial charge in [-0.15, -0.1) is 0 Å². The molecule has 1 aromatic heterocycles. The molecular weight excluding hydrogens is 220 g/mol. The van der Waals surface area contributed by atoms with Gasteiger partial charge in [0.15, 0.2) is 5.76 Å². The topological polar surface area (TPSA) is 123 Å². The fourth-order valence-electron chi connectivity index (χ4n) is 0.918. The smallest absolute Gasteiger partial charge is 0.433 e. The Bertz CT molecular complexity index is 424. The van der Waals surface area contributed by atoms with Gasteiger partial charge in [-0.3, -0.25) is 19.7 Å². The number of nitrogens with zero attached hydrogens (tertiary/aromatic N) is 1. The monoisotopic (exact) mass is 228 g/mol. The molecule has 1 heterocycles. The standard InChI is InChI=1S/C8H8N2O6/c11-7(12)3-4-9-8(13)5-1-2-6(16-5)10(14)15/h1-2H,3-4H2,(H,9,13)(H,11,12). The van der Waals surface area contributed by atoms with Gasteiger partial charge < -0.3 is 14.8 Å². The highest BCUT2D eigenvalue weighted by molar-refractivity contribution is 5.91. The zero-order valence-corrected chi connectivity index (χ0v) is 8.00. The summed E-state index contributed by atoms with van der Waals surface area (Å²) in [7, 11) is 0. The van der Waals surface area contributed by atoms with Crippen molar-refractivity contribution in [3.63, 3.8) is 0 Å². The van der Waals surface area contributed by atoms with E-state index in [-0.39, 0.29) is 18.7 Å². The number of furan rings is 1. The van der Waals surface area contributed by atoms with Crippen LogP contribution in [-0.4, -0.2) is 28.5 Å². The van der Waals surface area contributed by atoms with Crippen LogP contribution in [0.15, 0.2) is 16.5 Å². The number of aliphatic carboxylic acids is 1. The largest absolute Gasteiger partial charge is 0.481 e. The molecule has 0 spiro atoms. The van der Waals surface area contributed by atoms with Crippen molar-refractivity contribution in [3.05, 3.63) is 28.0 Å². The van der Waals surface area contributed by atoms with Crippen molar-refractivity contribution in [2.45, 2.75) is 6.42 Å². The summed E-state index contributed by atoms with van der Waals surface area (Å²) in [6, 6.07) is 2.19. The van der Waals surface area contributed by atoms with Gasteiger partial charge in [-0.2, -0.15) is 0 Å². The van der Waals surface area contributed by atoms with Gasteiger partial charge >= 0.3 is 11.9 Å². The predicted octanol–water partition coefficient (Wildman–Crippen LogP) is 0.392. The van der Waals surface area contributed by atoms with E-state index in [9.17, 15) is 19.7 Å². The number of amides is 1. The van der Waals surface area contributed by atoms with Crippen LogP contribution < -0.4 is 5.32 Å². The molecule has 16 heavy (non-hydrogen) atoms. The van der Waals surface area contributed by atoms with Gasteiger partial charge in [0, 0.05) is 6.54 Å². The molecule has 8 heteroatoms. The molecule has 0 saturated heterocycles. The van der Waals surface area contributed by atoms with E-state index in [0.29, 0.717) is 0 Å². The number of carbonyl (C=O) groups excluding carboxylic acids is 1. The Morgan fingerprint density at radius 2 is 2.19 bits per heavy atom. The van der Waals surface area contributed by atoms with E-state index in [0.717, 1.165) is 12.1 Å². The Hall–Kier alpha value is -2.38. The Labute approximate surface area is 89.0 Å². The van der Waals surface area contributed by atoms with Crippen LogP contribution in [0.4, 0.5) is 5.88 Å². The third-order valence-corrected chi connectivity index (χ3v) is 1.62. The normalized spacial score (nSPS) is 9.75. The molecular formula is C8H8N2O6. The molecule has 1 aromatic rings. The van der Waals surface area contributed by atoms with Gasteiger partial charge in [0.2, 0.25) is 0 Å². The van der Waals surface area contributed by atoms with E-state index in [4.69, 9.17) is 5.11 Å². The van der Waals surface area contributed by atoms with Gasteiger partial charge in [-0.1, -0.05) is 0 Å². The maximum absolute atomic E-state index is 11.2. The number of hydrogen-bond donors (Lipinski definition) is 2. The lowest BCUT2D eigenvalue weighted by atomic mass is 10.4. The lowest BCUT2D eigenvalue weighted by Gasteiger charge is -1.98. The van der Waals surface area contributed by atoms with Crippen molar-refractivity contribution in [3.8, 4) is 0 Å². The Balaban J connectivity index is 2.53. The molecule has 2 N–H and O–H groups in total. The van der Waals surface area contributed by atoms with Crippen LogP contribution in [0, 0.1) is 10.1 Å². The average Bonchev–Trinajstić information content (AvgIpc) is 2.65. The average molecular weight is 228 g/mol. The maximum Gasteiger partial charge on any atom is 0.433 e. The second kappa shape index (κ2) is 4.91. The lowest BCUT2D eigenvalue weighted by molar-refractivity contribution is -0.402. The first-order valence-corrected chi connectivity index (χ1v) is 4.25. The van der Waals surface area contributed by atoms with E-state index < -0.39 is 22.7 Å². The molecule has 1 rings (SSSR count). The van der Waals surface area contributed by atoms with Crippen molar-refractivity contribution < 1.29 is 24.0 Å². The highest BCUT2D eigenvalue weighted by atomic mass is 16.6. The van der Waals surface area contributed by atoms with Gasteiger partial charge in [0.25, 0.3) is 5.91 Å². The fourth-order valence-corrected chi connectivity index (χ4v) is 0.918. The van der Waals surface area contributed by atoms with Gasteiger partial charge in [-0.25, -0.2) is 0 Å². The number of nitrogens with one attached hydrogen (secondary N) is 1. The minimum absolute atomic E-state index is 0.0668. The summed E-state index contributed by atoms with van der Waals surface area (Å²) in [6.45, 7) is -0.0668. The van der Waals surface area contributed by atoms with Crippen molar-refractivity contribution in [2.24, 2.45) is 0 Å². The molecule has 86 valence electrons. The molecule has 0 fully saturated rings. The minimum Gasteiger partial charge on any atom is -0.481 e. The molecule has 0 aliphatic heterocycles. The summed E-state index contributed by atoms with van der Waals surface area (Å²) < 4.78 is 4.61. The lowest BCUT2D eigenvalue weighted by Crippen LogP contribution is -2.25. The molecule has 0 aromatic carbocycles. The minimum atomic E-state index is -1.05. The number of carboxylic acid groups (broad SMARTS) is 1. The van der Waals surface area contributed by atoms with Crippen molar-refractivity contribution >= 4 is 17.8 Å². The van der Waals surface area contributed by atoms with E-state index in [1.165, 1.54) is 0 Å². The van der Waals surface area contributed by atoms with Crippen LogP contribution in [0.2, 0.25) is 0 Å². The van der Waals surface area contributed by atoms with Gasteiger partial charge in [0.05, 0.1) is 12.5 Å². The van der Waals surface area contributed by atoms with Gasteiger partial charge in [-0.05, 0) is 6.07 Å². The molecule has 0 unspecified atom stereocenters. The number of carbonyl (C=O) groups is 2. The summed E-state index contributed by atoms with van der Waals surface area (Å²) in [5, 5.41) is 20.8. The van der Waals surface area contributed by atoms with Crippen LogP contribution in [0.5, 0.6) is 0 Å². The van der Waals surface area contributed by atoms with E-state index in [2.05, 4.69) is 9.73 Å². The first kappa shape index (κ1) is 11.7. The second-order valence-corrected chi connectivity index (χ2v) is 2.79. The second-order valence-electron chi connectivity index (χ2n) is 2.79. The molecule has 0 radical (unpaired) electrons. The first-order chi connectivity index (χ1) is 7.50. The molecule has 0 bridgehead atoms. The molecule has 0 aliphatic carbocycles. The van der Waals surface area contributed by atoms with Crippen LogP contribution in [0.25, 0.3) is 0 Å². The Morgan fingerprint density at radius 3 is 2.69 bits per heavy atom. The highest BCUT2D eigenvalue weighted by Crippen LogP contribution is 2.15. The summed E-state index contributed by atoms with van der Waals surface area (Å²) in [5.74, 6) is -2.50. The quantitative estimate of drug-likeness (QED) is 0.555. The predicted molar refractivity (Wildman–Crippen MR) is 49.9 cm³/mol.